The molecule has 1 aliphatic carbocycles. The van der Waals surface area contributed by atoms with Crippen LogP contribution in [0.1, 0.15) is 55.8 Å². The third-order valence-corrected chi connectivity index (χ3v) is 5.59. The number of halogens is 3. The fraction of sp³-hybridized carbons (Fsp3) is 0.440. The van der Waals surface area contributed by atoms with E-state index in [1.165, 1.54) is 13.2 Å². The van der Waals surface area contributed by atoms with Gasteiger partial charge in [0.15, 0.2) is 0 Å². The van der Waals surface area contributed by atoms with Gasteiger partial charge in [-0.3, -0.25) is 4.79 Å². The maximum atomic E-state index is 13.6. The maximum Gasteiger partial charge on any atom is 0.416 e. The van der Waals surface area contributed by atoms with Gasteiger partial charge in [-0.1, -0.05) is 19.1 Å². The summed E-state index contributed by atoms with van der Waals surface area (Å²) in [6, 6.07) is 7.56. The standard InChI is InChI=1S/C25H29F3N2O4/c1-4-21(30-24(32)29-17-8-9-17)19-14-16(25(26,27)28)7-10-18(19)20-12-15(6-11-22(20)33-3)13-23(31)34-5-2/h6-7,10-12,14,17,21H,4-5,8-9,13H2,1-3H3,(H2,29,30,32). The van der Waals surface area contributed by atoms with E-state index >= 15 is 0 Å². The molecule has 1 fully saturated rings. The zero-order valence-electron chi connectivity index (χ0n) is 19.4. The van der Waals surface area contributed by atoms with E-state index in [9.17, 15) is 22.8 Å². The average Bonchev–Trinajstić information content (AvgIpc) is 3.60. The van der Waals surface area contributed by atoms with Gasteiger partial charge in [-0.05, 0) is 67.1 Å². The van der Waals surface area contributed by atoms with Crippen LogP contribution in [-0.4, -0.2) is 31.8 Å². The summed E-state index contributed by atoms with van der Waals surface area (Å²) in [7, 11) is 1.46. The van der Waals surface area contributed by atoms with Gasteiger partial charge < -0.3 is 20.1 Å². The maximum absolute atomic E-state index is 13.6. The first-order valence-corrected chi connectivity index (χ1v) is 11.3. The average molecular weight is 479 g/mol. The molecule has 9 heteroatoms. The van der Waals surface area contributed by atoms with Crippen molar-refractivity contribution in [2.24, 2.45) is 0 Å². The lowest BCUT2D eigenvalue weighted by Crippen LogP contribution is -2.39. The smallest absolute Gasteiger partial charge is 0.416 e. The molecule has 0 spiro atoms. The Morgan fingerprint density at radius 2 is 1.82 bits per heavy atom. The first kappa shape index (κ1) is 25.4. The van der Waals surface area contributed by atoms with Gasteiger partial charge in [0.2, 0.25) is 0 Å². The molecule has 34 heavy (non-hydrogen) atoms. The second-order valence-electron chi connectivity index (χ2n) is 8.17. The summed E-state index contributed by atoms with van der Waals surface area (Å²) in [5.74, 6) is 0.0296. The van der Waals surface area contributed by atoms with E-state index in [2.05, 4.69) is 10.6 Å². The van der Waals surface area contributed by atoms with Gasteiger partial charge >= 0.3 is 18.2 Å². The first-order chi connectivity index (χ1) is 16.2. The van der Waals surface area contributed by atoms with Gasteiger partial charge in [0.05, 0.1) is 31.7 Å². The number of amides is 2. The zero-order valence-corrected chi connectivity index (χ0v) is 19.4. The Morgan fingerprint density at radius 3 is 2.41 bits per heavy atom. The van der Waals surface area contributed by atoms with E-state index in [1.54, 1.807) is 32.0 Å². The molecule has 0 radical (unpaired) electrons. The number of hydrogen-bond donors (Lipinski definition) is 2. The number of ether oxygens (including phenoxy) is 2. The monoisotopic (exact) mass is 478 g/mol. The Hall–Kier alpha value is -3.23. The van der Waals surface area contributed by atoms with Crippen molar-refractivity contribution in [1.82, 2.24) is 10.6 Å². The van der Waals surface area contributed by atoms with Crippen LogP contribution >= 0.6 is 0 Å². The molecule has 0 aromatic heterocycles. The highest BCUT2D eigenvalue weighted by atomic mass is 19.4. The molecule has 2 N–H and O–H groups in total. The lowest BCUT2D eigenvalue weighted by Gasteiger charge is -2.23. The van der Waals surface area contributed by atoms with Crippen molar-refractivity contribution in [1.29, 1.82) is 0 Å². The second-order valence-corrected chi connectivity index (χ2v) is 8.17. The third-order valence-electron chi connectivity index (χ3n) is 5.59. The zero-order chi connectivity index (χ0) is 24.9. The Bertz CT molecular complexity index is 1040. The number of carbonyl (C=O) groups excluding carboxylic acids is 2. The van der Waals surface area contributed by atoms with Crippen LogP contribution in [0.15, 0.2) is 36.4 Å². The summed E-state index contributed by atoms with van der Waals surface area (Å²) in [6.07, 6.45) is -2.37. The fourth-order valence-electron chi connectivity index (χ4n) is 3.74. The summed E-state index contributed by atoms with van der Waals surface area (Å²) >= 11 is 0. The number of hydrogen-bond acceptors (Lipinski definition) is 4. The van der Waals surface area contributed by atoms with E-state index in [0.29, 0.717) is 34.4 Å². The van der Waals surface area contributed by atoms with Crippen LogP contribution in [0.2, 0.25) is 0 Å². The number of methoxy groups -OCH3 is 1. The van der Waals surface area contributed by atoms with Crippen molar-refractivity contribution in [2.75, 3.05) is 13.7 Å². The van der Waals surface area contributed by atoms with Crippen LogP contribution in [0, 0.1) is 0 Å². The van der Waals surface area contributed by atoms with Gasteiger partial charge in [-0.2, -0.15) is 13.2 Å². The predicted molar refractivity (Wildman–Crippen MR) is 121 cm³/mol. The van der Waals surface area contributed by atoms with Crippen LogP contribution in [0.5, 0.6) is 5.75 Å². The number of nitrogens with one attached hydrogen (secondary N) is 2. The van der Waals surface area contributed by atoms with Crippen molar-refractivity contribution in [3.8, 4) is 16.9 Å². The number of esters is 1. The minimum Gasteiger partial charge on any atom is -0.496 e. The number of alkyl halides is 3. The van der Waals surface area contributed by atoms with Crippen LogP contribution in [-0.2, 0) is 22.1 Å². The van der Waals surface area contributed by atoms with Gasteiger partial charge in [-0.15, -0.1) is 0 Å². The molecule has 1 unspecified atom stereocenters. The molecular weight excluding hydrogens is 449 g/mol. The summed E-state index contributed by atoms with van der Waals surface area (Å²) in [5.41, 5.74) is 1.14. The molecule has 0 bridgehead atoms. The highest BCUT2D eigenvalue weighted by molar-refractivity contribution is 5.79. The Labute approximate surface area is 196 Å². The molecule has 1 saturated carbocycles. The second kappa shape index (κ2) is 10.8. The molecule has 1 aliphatic rings. The minimum absolute atomic E-state index is 0.0139. The normalized spacial score (nSPS) is 14.3. The molecule has 184 valence electrons. The number of benzene rings is 2. The molecule has 2 aromatic carbocycles. The van der Waals surface area contributed by atoms with Gasteiger partial charge in [-0.25, -0.2) is 4.79 Å². The molecule has 1 atom stereocenters. The van der Waals surface area contributed by atoms with E-state index in [4.69, 9.17) is 9.47 Å². The molecule has 2 amide bonds. The lowest BCUT2D eigenvalue weighted by atomic mass is 9.90. The molecule has 0 heterocycles. The summed E-state index contributed by atoms with van der Waals surface area (Å²) in [5, 5.41) is 5.62. The number of rotatable bonds is 9. The van der Waals surface area contributed by atoms with Gasteiger partial charge in [0.1, 0.15) is 5.75 Å². The van der Waals surface area contributed by atoms with E-state index in [-0.39, 0.29) is 19.1 Å². The number of urea groups is 1. The Balaban J connectivity index is 2.07. The largest absolute Gasteiger partial charge is 0.496 e. The Kier molecular flexibility index (Phi) is 8.06. The SMILES string of the molecule is CCOC(=O)Cc1ccc(OC)c(-c2ccc(C(F)(F)F)cc2C(CC)NC(=O)NC2CC2)c1. The van der Waals surface area contributed by atoms with Gasteiger partial charge in [0, 0.05) is 11.6 Å². The lowest BCUT2D eigenvalue weighted by molar-refractivity contribution is -0.142. The highest BCUT2D eigenvalue weighted by Gasteiger charge is 2.33. The van der Waals surface area contributed by atoms with E-state index < -0.39 is 29.8 Å². The number of carbonyl (C=O) groups is 2. The molecule has 6 nitrogen and oxygen atoms in total. The fourth-order valence-corrected chi connectivity index (χ4v) is 3.74. The van der Waals surface area contributed by atoms with Crippen molar-refractivity contribution < 1.29 is 32.2 Å². The van der Waals surface area contributed by atoms with Gasteiger partial charge in [0.25, 0.3) is 0 Å². The first-order valence-electron chi connectivity index (χ1n) is 11.3. The van der Waals surface area contributed by atoms with Crippen LogP contribution in [0.25, 0.3) is 11.1 Å². The quantitative estimate of drug-likeness (QED) is 0.473. The van der Waals surface area contributed by atoms with Crippen molar-refractivity contribution >= 4 is 12.0 Å². The Morgan fingerprint density at radius 1 is 1.09 bits per heavy atom. The molecule has 3 rings (SSSR count). The third kappa shape index (κ3) is 6.42. The van der Waals surface area contributed by atoms with Crippen LogP contribution < -0.4 is 15.4 Å². The summed E-state index contributed by atoms with van der Waals surface area (Å²) in [4.78, 5) is 24.4. The molecular formula is C25H29F3N2O4. The molecule has 0 aliphatic heterocycles. The summed E-state index contributed by atoms with van der Waals surface area (Å²) in [6.45, 7) is 3.75. The van der Waals surface area contributed by atoms with Crippen molar-refractivity contribution in [3.63, 3.8) is 0 Å². The van der Waals surface area contributed by atoms with E-state index in [1.807, 2.05) is 0 Å². The summed E-state index contributed by atoms with van der Waals surface area (Å²) < 4.78 is 51.2. The topological polar surface area (TPSA) is 76.7 Å². The molecule has 0 saturated heterocycles. The predicted octanol–water partition coefficient (Wildman–Crippen LogP) is 5.40. The minimum atomic E-state index is -4.54. The van der Waals surface area contributed by atoms with Crippen molar-refractivity contribution in [3.05, 3.63) is 53.1 Å². The van der Waals surface area contributed by atoms with E-state index in [0.717, 1.165) is 25.0 Å². The van der Waals surface area contributed by atoms with Crippen molar-refractivity contribution in [2.45, 2.75) is 57.8 Å². The molecule has 2 aromatic rings. The van der Waals surface area contributed by atoms with Crippen LogP contribution in [0.4, 0.5) is 18.0 Å². The highest BCUT2D eigenvalue weighted by Crippen LogP contribution is 2.40. The van der Waals surface area contributed by atoms with Crippen LogP contribution in [0.3, 0.4) is 0 Å².